The molecule has 140 valence electrons. The highest BCUT2D eigenvalue weighted by molar-refractivity contribution is 5.75. The highest BCUT2D eigenvalue weighted by Gasteiger charge is 2.47. The van der Waals surface area contributed by atoms with Gasteiger partial charge in [-0.15, -0.1) is 0 Å². The Kier molecular flexibility index (Phi) is 5.74. The number of hydrogen-bond acceptors (Lipinski definition) is 4. The zero-order valence-corrected chi connectivity index (χ0v) is 15.2. The number of nitrogens with zero attached hydrogens (tertiary/aromatic N) is 3. The van der Waals surface area contributed by atoms with Gasteiger partial charge in [0.25, 0.3) is 0 Å². The van der Waals surface area contributed by atoms with Crippen molar-refractivity contribution < 1.29 is 15.0 Å². The number of likely N-dealkylation sites (tertiary alicyclic amines) is 1. The van der Waals surface area contributed by atoms with Gasteiger partial charge in [-0.3, -0.25) is 14.4 Å². The monoisotopic (exact) mass is 357 g/mol. The van der Waals surface area contributed by atoms with Gasteiger partial charge in [0.1, 0.15) is 0 Å². The van der Waals surface area contributed by atoms with Crippen LogP contribution in [-0.2, 0) is 17.9 Å². The Morgan fingerprint density at radius 2 is 2.00 bits per heavy atom. The number of benzene rings is 1. The Labute approximate surface area is 154 Å². The van der Waals surface area contributed by atoms with Crippen LogP contribution in [0.15, 0.2) is 42.7 Å². The van der Waals surface area contributed by atoms with Crippen molar-refractivity contribution in [1.29, 1.82) is 0 Å². The zero-order valence-electron chi connectivity index (χ0n) is 15.2. The highest BCUT2D eigenvalue weighted by Crippen LogP contribution is 2.37. The average molecular weight is 357 g/mol. The standard InChI is InChI=1S/C20H27N3O3/c1-2-8-20(19(25)26)9-12-22(15-18(20)24)13-16-6-3-4-7-17(16)14-23-11-5-10-21-23/h3-7,10-11,18,24H,2,8-9,12-15H2,1H3,(H,25,26)/t18-,20+/m1/s1. The van der Waals surface area contributed by atoms with Crippen LogP contribution in [0, 0.1) is 5.41 Å². The first-order valence-electron chi connectivity index (χ1n) is 9.23. The molecule has 2 heterocycles. The quantitative estimate of drug-likeness (QED) is 0.795. The lowest BCUT2D eigenvalue weighted by Crippen LogP contribution is -2.54. The Morgan fingerprint density at radius 1 is 1.27 bits per heavy atom. The predicted octanol–water partition coefficient (Wildman–Crippen LogP) is 2.37. The molecule has 1 aromatic carbocycles. The van der Waals surface area contributed by atoms with Crippen LogP contribution < -0.4 is 0 Å². The molecule has 0 amide bonds. The van der Waals surface area contributed by atoms with Crippen LogP contribution >= 0.6 is 0 Å². The number of aromatic nitrogens is 2. The summed E-state index contributed by atoms with van der Waals surface area (Å²) in [6.07, 6.45) is 4.63. The average Bonchev–Trinajstić information content (AvgIpc) is 3.12. The van der Waals surface area contributed by atoms with Gasteiger partial charge in [-0.25, -0.2) is 0 Å². The molecule has 1 aromatic heterocycles. The van der Waals surface area contributed by atoms with Gasteiger partial charge in [-0.1, -0.05) is 37.6 Å². The van der Waals surface area contributed by atoms with Crippen LogP contribution in [0.25, 0.3) is 0 Å². The maximum absolute atomic E-state index is 11.8. The SMILES string of the molecule is CCC[C@]1(C(=O)O)CCN(Cc2ccccc2Cn2cccn2)C[C@H]1O. The summed E-state index contributed by atoms with van der Waals surface area (Å²) in [6.45, 7) is 4.45. The van der Waals surface area contributed by atoms with Crippen LogP contribution in [0.5, 0.6) is 0 Å². The molecule has 0 radical (unpaired) electrons. The van der Waals surface area contributed by atoms with E-state index in [9.17, 15) is 15.0 Å². The first-order valence-corrected chi connectivity index (χ1v) is 9.23. The molecule has 2 atom stereocenters. The summed E-state index contributed by atoms with van der Waals surface area (Å²) in [5.41, 5.74) is 1.38. The summed E-state index contributed by atoms with van der Waals surface area (Å²) in [4.78, 5) is 13.9. The van der Waals surface area contributed by atoms with E-state index in [1.807, 2.05) is 36.0 Å². The number of carboxylic acid groups (broad SMARTS) is 1. The minimum atomic E-state index is -1.00. The molecule has 3 rings (SSSR count). The number of aliphatic hydroxyl groups is 1. The number of hydrogen-bond donors (Lipinski definition) is 2. The third-order valence-corrected chi connectivity index (χ3v) is 5.47. The molecule has 1 aliphatic heterocycles. The largest absolute Gasteiger partial charge is 0.481 e. The molecule has 1 saturated heterocycles. The molecule has 0 aliphatic carbocycles. The Hall–Kier alpha value is -2.18. The van der Waals surface area contributed by atoms with Crippen LogP contribution in [0.3, 0.4) is 0 Å². The van der Waals surface area contributed by atoms with Crippen LogP contribution in [-0.4, -0.2) is 50.1 Å². The molecule has 26 heavy (non-hydrogen) atoms. The molecule has 0 unspecified atom stereocenters. The van der Waals surface area contributed by atoms with Crippen molar-refractivity contribution in [2.45, 2.75) is 45.4 Å². The molecule has 6 heteroatoms. The number of carboxylic acids is 1. The first-order chi connectivity index (χ1) is 12.5. The number of β-amino-alcohol motifs (C(OH)–C–C–N with tert-alkyl or cyclic N) is 1. The summed E-state index contributed by atoms with van der Waals surface area (Å²) in [5, 5.41) is 24.5. The van der Waals surface area contributed by atoms with E-state index in [1.54, 1.807) is 6.20 Å². The summed E-state index contributed by atoms with van der Waals surface area (Å²) in [7, 11) is 0. The molecule has 0 bridgehead atoms. The van der Waals surface area contributed by atoms with Crippen molar-refractivity contribution >= 4 is 5.97 Å². The van der Waals surface area contributed by atoms with Gasteiger partial charge in [0.05, 0.1) is 18.1 Å². The fraction of sp³-hybridized carbons (Fsp3) is 0.500. The van der Waals surface area contributed by atoms with Gasteiger partial charge < -0.3 is 10.2 Å². The van der Waals surface area contributed by atoms with Crippen LogP contribution in [0.1, 0.15) is 37.3 Å². The molecule has 1 aliphatic rings. The van der Waals surface area contributed by atoms with E-state index in [1.165, 1.54) is 11.1 Å². The number of aliphatic carboxylic acids is 1. The molecular weight excluding hydrogens is 330 g/mol. The van der Waals surface area contributed by atoms with E-state index in [4.69, 9.17) is 0 Å². The van der Waals surface area contributed by atoms with Gasteiger partial charge in [0, 0.05) is 25.5 Å². The predicted molar refractivity (Wildman–Crippen MR) is 98.6 cm³/mol. The summed E-state index contributed by atoms with van der Waals surface area (Å²) in [5.74, 6) is -0.870. The second-order valence-electron chi connectivity index (χ2n) is 7.18. The molecule has 2 N–H and O–H groups in total. The highest BCUT2D eigenvalue weighted by atomic mass is 16.4. The Balaban J connectivity index is 1.70. The number of carbonyl (C=O) groups is 1. The number of piperidine rings is 1. The van der Waals surface area contributed by atoms with Crippen LogP contribution in [0.4, 0.5) is 0 Å². The topological polar surface area (TPSA) is 78.6 Å². The third kappa shape index (κ3) is 3.81. The first kappa shape index (κ1) is 18.6. The minimum absolute atomic E-state index is 0.391. The van der Waals surface area contributed by atoms with E-state index in [0.717, 1.165) is 6.42 Å². The van der Waals surface area contributed by atoms with E-state index in [2.05, 4.69) is 22.1 Å². The third-order valence-electron chi connectivity index (χ3n) is 5.47. The molecular formula is C20H27N3O3. The van der Waals surface area contributed by atoms with E-state index in [0.29, 0.717) is 39.0 Å². The maximum Gasteiger partial charge on any atom is 0.312 e. The van der Waals surface area contributed by atoms with Gasteiger partial charge in [0.15, 0.2) is 0 Å². The van der Waals surface area contributed by atoms with Crippen molar-refractivity contribution in [3.63, 3.8) is 0 Å². The van der Waals surface area contributed by atoms with E-state index < -0.39 is 17.5 Å². The molecule has 6 nitrogen and oxygen atoms in total. The lowest BCUT2D eigenvalue weighted by molar-refractivity contribution is -0.164. The van der Waals surface area contributed by atoms with Crippen LogP contribution in [0.2, 0.25) is 0 Å². The lowest BCUT2D eigenvalue weighted by atomic mass is 9.72. The fourth-order valence-corrected chi connectivity index (χ4v) is 3.95. The van der Waals surface area contributed by atoms with Crippen molar-refractivity contribution in [2.24, 2.45) is 5.41 Å². The zero-order chi connectivity index (χ0) is 18.6. The maximum atomic E-state index is 11.8. The molecule has 1 fully saturated rings. The number of rotatable bonds is 7. The van der Waals surface area contributed by atoms with Crippen molar-refractivity contribution in [3.8, 4) is 0 Å². The lowest BCUT2D eigenvalue weighted by Gasteiger charge is -2.43. The van der Waals surface area contributed by atoms with Crippen molar-refractivity contribution in [2.75, 3.05) is 13.1 Å². The van der Waals surface area contributed by atoms with Gasteiger partial charge in [0.2, 0.25) is 0 Å². The summed E-state index contributed by atoms with van der Waals surface area (Å²) >= 11 is 0. The second-order valence-corrected chi connectivity index (χ2v) is 7.18. The van der Waals surface area contributed by atoms with Crippen molar-refractivity contribution in [3.05, 3.63) is 53.9 Å². The summed E-state index contributed by atoms with van der Waals surface area (Å²) < 4.78 is 1.89. The molecule has 2 aromatic rings. The smallest absolute Gasteiger partial charge is 0.312 e. The van der Waals surface area contributed by atoms with Gasteiger partial charge in [-0.2, -0.15) is 5.10 Å². The minimum Gasteiger partial charge on any atom is -0.481 e. The second kappa shape index (κ2) is 8.01. The van der Waals surface area contributed by atoms with Gasteiger partial charge >= 0.3 is 5.97 Å². The van der Waals surface area contributed by atoms with E-state index >= 15 is 0 Å². The fourth-order valence-electron chi connectivity index (χ4n) is 3.95. The number of aliphatic hydroxyl groups excluding tert-OH is 1. The Bertz CT molecular complexity index is 732. The summed E-state index contributed by atoms with van der Waals surface area (Å²) in [6, 6.07) is 10.1. The molecule has 0 saturated carbocycles. The van der Waals surface area contributed by atoms with Crippen molar-refractivity contribution in [1.82, 2.24) is 14.7 Å². The molecule has 0 spiro atoms. The van der Waals surface area contributed by atoms with E-state index in [-0.39, 0.29) is 0 Å². The normalized spacial score (nSPS) is 23.8. The Morgan fingerprint density at radius 3 is 2.58 bits per heavy atom. The van der Waals surface area contributed by atoms with Gasteiger partial charge in [-0.05, 0) is 36.6 Å².